The molecule has 1 aliphatic carbocycles. The van der Waals surface area contributed by atoms with Gasteiger partial charge in [0.1, 0.15) is 12.5 Å². The Morgan fingerprint density at radius 3 is 2.19 bits per heavy atom. The number of rotatable bonds is 10. The van der Waals surface area contributed by atoms with Gasteiger partial charge in [-0.2, -0.15) is 5.10 Å². The predicted molar refractivity (Wildman–Crippen MR) is 189 cm³/mol. The quantitative estimate of drug-likeness (QED) is 0.132. The van der Waals surface area contributed by atoms with Gasteiger partial charge in [-0.25, -0.2) is 18.2 Å². The average Bonchev–Trinajstić information content (AvgIpc) is 3.56. The minimum Gasteiger partial charge on any atom is -0.396 e. The summed E-state index contributed by atoms with van der Waals surface area (Å²) in [5.74, 6) is -0.808. The summed E-state index contributed by atoms with van der Waals surface area (Å²) in [6, 6.07) is 1.86. The number of carbonyl (C=O) groups is 1. The van der Waals surface area contributed by atoms with E-state index in [-0.39, 0.29) is 25.1 Å². The lowest BCUT2D eigenvalue weighted by Crippen LogP contribution is -2.33. The van der Waals surface area contributed by atoms with Crippen LogP contribution in [0.25, 0.3) is 0 Å². The lowest BCUT2D eigenvalue weighted by atomic mass is 9.91. The van der Waals surface area contributed by atoms with Crippen molar-refractivity contribution in [2.24, 2.45) is 11.3 Å². The van der Waals surface area contributed by atoms with Gasteiger partial charge in [-0.15, -0.1) is 12.8 Å². The highest BCUT2D eigenvalue weighted by Gasteiger charge is 2.58. The van der Waals surface area contributed by atoms with Crippen LogP contribution in [0.15, 0.2) is 18.5 Å². The molecule has 1 saturated heterocycles. The highest BCUT2D eigenvalue weighted by atomic mass is 19.3. The molecular weight excluding hydrogens is 607 g/mol. The normalized spacial score (nSPS) is 15.9. The van der Waals surface area contributed by atoms with E-state index in [0.717, 1.165) is 43.5 Å². The number of aliphatic hydroxyl groups excluding tert-OH is 1. The van der Waals surface area contributed by atoms with Crippen LogP contribution >= 0.6 is 0 Å². The molecule has 0 bridgehead atoms. The third kappa shape index (κ3) is 21.4. The Morgan fingerprint density at radius 2 is 1.83 bits per heavy atom. The van der Waals surface area contributed by atoms with E-state index in [9.17, 15) is 18.0 Å². The number of amides is 1. The Bertz CT molecular complexity index is 1040. The summed E-state index contributed by atoms with van der Waals surface area (Å²) in [4.78, 5) is 17.8. The number of halogens is 3. The molecule has 9 nitrogen and oxygen atoms in total. The van der Waals surface area contributed by atoms with Gasteiger partial charge in [-0.3, -0.25) is 9.48 Å². The number of nitrogens with one attached hydrogen (secondary N) is 4. The largest absolute Gasteiger partial charge is 0.396 e. The summed E-state index contributed by atoms with van der Waals surface area (Å²) in [6.45, 7) is 17.4. The van der Waals surface area contributed by atoms with E-state index in [1.807, 2.05) is 41.7 Å². The van der Waals surface area contributed by atoms with Crippen LogP contribution < -0.4 is 10.6 Å². The number of aliphatic hydroxyl groups is 1. The zero-order valence-electron chi connectivity index (χ0n) is 30.7. The molecule has 2 aromatic heterocycles. The standard InChI is InChI=1S/C13H21F2N3.C7H11FN2O.C6H11NO.C3H7N.2C2H6.C2H2/c1-9-17-8-11(18-9)10(16-3)4-5-13(6-7-13)12(2,14)15;8-3-5-10-7(2-6-11)1-4-9-10;1-5-2-3-6(8)7-4-5;1-3(2)4;3*1-2/h8,10,16H,4-7H2,1-3H3,(H,17,18);1,4,11H,2-3,5-6H2;5H,2-4H2,1H3,(H,7,8);4H,1-2H3;2*1-2H3;1-2H. The highest BCUT2D eigenvalue weighted by Crippen LogP contribution is 2.60. The third-order valence-electron chi connectivity index (χ3n) is 7.12. The number of alkyl halides is 3. The second-order valence-electron chi connectivity index (χ2n) is 11.1. The van der Waals surface area contributed by atoms with Crippen molar-refractivity contribution in [1.29, 1.82) is 5.41 Å². The molecule has 2 fully saturated rings. The Kier molecular flexibility index (Phi) is 28.6. The molecule has 2 aromatic rings. The van der Waals surface area contributed by atoms with Crippen LogP contribution in [0.2, 0.25) is 0 Å². The fourth-order valence-corrected chi connectivity index (χ4v) is 4.38. The molecule has 5 N–H and O–H groups in total. The topological polar surface area (TPSA) is 132 Å². The van der Waals surface area contributed by atoms with Gasteiger partial charge in [0.05, 0.1) is 12.2 Å². The van der Waals surface area contributed by atoms with Crippen molar-refractivity contribution >= 4 is 11.6 Å². The smallest absolute Gasteiger partial charge is 0.250 e. The van der Waals surface area contributed by atoms with E-state index in [2.05, 4.69) is 45.5 Å². The Balaban J connectivity index is -0.000000573. The monoisotopic (exact) mass is 672 g/mol. The van der Waals surface area contributed by atoms with Crippen molar-refractivity contribution in [1.82, 2.24) is 30.4 Å². The van der Waals surface area contributed by atoms with Gasteiger partial charge in [0.15, 0.2) is 0 Å². The lowest BCUT2D eigenvalue weighted by molar-refractivity contribution is -0.122. The molecule has 0 aromatic carbocycles. The maximum absolute atomic E-state index is 13.5. The second kappa shape index (κ2) is 27.9. The molecule has 2 unspecified atom stereocenters. The van der Waals surface area contributed by atoms with Gasteiger partial charge < -0.3 is 26.1 Å². The highest BCUT2D eigenvalue weighted by molar-refractivity contribution is 5.76. The van der Waals surface area contributed by atoms with Crippen LogP contribution in [0.4, 0.5) is 13.2 Å². The second-order valence-corrected chi connectivity index (χ2v) is 11.1. The first-order chi connectivity index (χ1) is 22.3. The number of carbonyl (C=O) groups excluding carboxylic acids is 1. The van der Waals surface area contributed by atoms with Crippen LogP contribution in [0.3, 0.4) is 0 Å². The summed E-state index contributed by atoms with van der Waals surface area (Å²) in [6.07, 6.45) is 16.3. The molecule has 2 atom stereocenters. The first-order valence-electron chi connectivity index (χ1n) is 16.6. The van der Waals surface area contributed by atoms with Crippen LogP contribution in [0.5, 0.6) is 0 Å². The number of imidazole rings is 1. The van der Waals surface area contributed by atoms with Crippen molar-refractivity contribution in [3.05, 3.63) is 35.7 Å². The van der Waals surface area contributed by atoms with Crippen LogP contribution in [-0.2, 0) is 17.8 Å². The van der Waals surface area contributed by atoms with Gasteiger partial charge in [-0.1, -0.05) is 34.6 Å². The Hall–Kier alpha value is -3.17. The van der Waals surface area contributed by atoms with Gasteiger partial charge in [0, 0.05) is 61.2 Å². The van der Waals surface area contributed by atoms with Crippen molar-refractivity contribution in [2.75, 3.05) is 26.9 Å². The summed E-state index contributed by atoms with van der Waals surface area (Å²) >= 11 is 0. The maximum Gasteiger partial charge on any atom is 0.250 e. The van der Waals surface area contributed by atoms with E-state index < -0.39 is 18.0 Å². The molecule has 272 valence electrons. The fraction of sp³-hybridized carbons (Fsp3) is 0.714. The van der Waals surface area contributed by atoms with E-state index in [1.54, 1.807) is 37.0 Å². The van der Waals surface area contributed by atoms with Gasteiger partial charge in [0.2, 0.25) is 5.91 Å². The predicted octanol–water partition coefficient (Wildman–Crippen LogP) is 7.46. The van der Waals surface area contributed by atoms with Crippen LogP contribution in [-0.4, -0.2) is 69.3 Å². The molecule has 1 amide bonds. The molecule has 0 spiro atoms. The number of hydrogen-bond acceptors (Lipinski definition) is 6. The minimum absolute atomic E-state index is 0.0750. The Morgan fingerprint density at radius 1 is 1.26 bits per heavy atom. The number of H-pyrrole nitrogens is 1. The van der Waals surface area contributed by atoms with Gasteiger partial charge >= 0.3 is 0 Å². The van der Waals surface area contributed by atoms with Crippen molar-refractivity contribution < 1.29 is 23.1 Å². The maximum atomic E-state index is 13.5. The molecule has 4 rings (SSSR count). The summed E-state index contributed by atoms with van der Waals surface area (Å²) in [5, 5.41) is 24.9. The van der Waals surface area contributed by atoms with Crippen molar-refractivity contribution in [3.63, 3.8) is 0 Å². The first kappa shape index (κ1) is 48.2. The minimum atomic E-state index is -2.56. The fourth-order valence-electron chi connectivity index (χ4n) is 4.38. The average molecular weight is 672 g/mol. The lowest BCUT2D eigenvalue weighted by Gasteiger charge is -2.25. The summed E-state index contributed by atoms with van der Waals surface area (Å²) in [7, 11) is 1.85. The number of hydrogen-bond donors (Lipinski definition) is 5. The molecule has 2 aliphatic rings. The number of piperidine rings is 1. The number of nitrogens with zero attached hydrogens (tertiary/aromatic N) is 3. The van der Waals surface area contributed by atoms with E-state index in [4.69, 9.17) is 10.5 Å². The molecular formula is C35H64F3N7O2. The third-order valence-corrected chi connectivity index (χ3v) is 7.12. The number of aromatic nitrogens is 4. The van der Waals surface area contributed by atoms with Crippen LogP contribution in [0.1, 0.15) is 117 Å². The molecule has 1 aliphatic heterocycles. The summed E-state index contributed by atoms with van der Waals surface area (Å²) in [5.41, 5.74) is 1.77. The Labute approximate surface area is 282 Å². The molecule has 3 heterocycles. The zero-order valence-corrected chi connectivity index (χ0v) is 30.7. The van der Waals surface area contributed by atoms with Gasteiger partial charge in [-0.05, 0) is 78.8 Å². The molecule has 12 heteroatoms. The van der Waals surface area contributed by atoms with E-state index in [1.165, 1.54) is 0 Å². The molecule has 0 radical (unpaired) electrons. The number of aromatic amines is 1. The molecule has 1 saturated carbocycles. The van der Waals surface area contributed by atoms with E-state index >= 15 is 0 Å². The summed E-state index contributed by atoms with van der Waals surface area (Å²) < 4.78 is 40.4. The van der Waals surface area contributed by atoms with Crippen molar-refractivity contribution in [3.8, 4) is 12.8 Å². The van der Waals surface area contributed by atoms with Crippen LogP contribution in [0, 0.1) is 36.5 Å². The first-order valence-corrected chi connectivity index (χ1v) is 16.6. The molecule has 47 heavy (non-hydrogen) atoms. The number of terminal acetylenes is 1. The van der Waals surface area contributed by atoms with Gasteiger partial charge in [0.25, 0.3) is 5.92 Å². The van der Waals surface area contributed by atoms with Crippen molar-refractivity contribution in [2.45, 2.75) is 126 Å². The SMILES string of the molecule is C#C.CC.CC.CC(C)=N.CC1CCC(=O)NC1.CNC(CCC1(C(C)(F)F)CC1)c1cnc(C)[nH]1.OCCc1ccnn1CCF. The number of aryl methyl sites for hydroxylation is 2. The zero-order chi connectivity index (χ0) is 37.1. The van der Waals surface area contributed by atoms with E-state index in [0.29, 0.717) is 43.7 Å².